The molecule has 18 heavy (non-hydrogen) atoms. The zero-order chi connectivity index (χ0) is 12.6. The molecule has 0 amide bonds. The summed E-state index contributed by atoms with van der Waals surface area (Å²) < 4.78 is 5.09. The molecule has 0 N–H and O–H groups in total. The first-order valence-corrected chi connectivity index (χ1v) is 6.56. The van der Waals surface area contributed by atoms with E-state index < -0.39 is 0 Å². The van der Waals surface area contributed by atoms with Gasteiger partial charge in [0.1, 0.15) is 5.75 Å². The van der Waals surface area contributed by atoms with Crippen LogP contribution in [0, 0.1) is 17.8 Å². The minimum absolute atomic E-state index is 0.584. The van der Waals surface area contributed by atoms with Gasteiger partial charge in [-0.2, -0.15) is 0 Å². The number of hydrogen-bond acceptors (Lipinski definition) is 2. The molecule has 0 aromatic heterocycles. The highest BCUT2D eigenvalue weighted by Crippen LogP contribution is 2.22. The van der Waals surface area contributed by atoms with Gasteiger partial charge < -0.3 is 4.74 Å². The van der Waals surface area contributed by atoms with Crippen molar-refractivity contribution in [3.63, 3.8) is 0 Å². The maximum Gasteiger partial charge on any atom is 0.119 e. The summed E-state index contributed by atoms with van der Waals surface area (Å²) in [7, 11) is 1.66. The zero-order valence-electron chi connectivity index (χ0n) is 10.9. The lowest BCUT2D eigenvalue weighted by molar-refractivity contribution is 0.415. The van der Waals surface area contributed by atoms with Crippen LogP contribution in [0.3, 0.4) is 0 Å². The molecule has 0 saturated heterocycles. The summed E-state index contributed by atoms with van der Waals surface area (Å²) in [5.74, 6) is 7.78. The SMILES string of the molecule is COc1ccc(N=CC#CC2CCCCC2)cc1. The summed E-state index contributed by atoms with van der Waals surface area (Å²) in [6.07, 6.45) is 8.24. The topological polar surface area (TPSA) is 21.6 Å². The molecule has 2 rings (SSSR count). The highest BCUT2D eigenvalue weighted by Gasteiger charge is 2.09. The van der Waals surface area contributed by atoms with E-state index in [1.807, 2.05) is 24.3 Å². The molecule has 2 heteroatoms. The number of rotatable bonds is 2. The number of nitrogens with zero attached hydrogens (tertiary/aromatic N) is 1. The molecule has 1 aromatic carbocycles. The molecular formula is C16H19NO. The van der Waals surface area contributed by atoms with Gasteiger partial charge in [0, 0.05) is 5.92 Å². The third-order valence-electron chi connectivity index (χ3n) is 3.24. The second-order valence-corrected chi connectivity index (χ2v) is 4.58. The van der Waals surface area contributed by atoms with Gasteiger partial charge in [0.15, 0.2) is 0 Å². The molecule has 1 aliphatic carbocycles. The Balaban J connectivity index is 1.88. The number of aliphatic imine (C=N–C) groups is 1. The Kier molecular flexibility index (Phi) is 4.84. The van der Waals surface area contributed by atoms with Crippen molar-refractivity contribution in [2.45, 2.75) is 32.1 Å². The first-order chi connectivity index (χ1) is 8.88. The predicted octanol–water partition coefficient (Wildman–Crippen LogP) is 3.98. The van der Waals surface area contributed by atoms with Gasteiger partial charge in [-0.1, -0.05) is 31.1 Å². The van der Waals surface area contributed by atoms with Crippen LogP contribution < -0.4 is 4.74 Å². The second kappa shape index (κ2) is 6.86. The lowest BCUT2D eigenvalue weighted by Crippen LogP contribution is -2.02. The molecule has 2 nitrogen and oxygen atoms in total. The number of ether oxygens (including phenoxy) is 1. The van der Waals surface area contributed by atoms with Crippen LogP contribution in [-0.2, 0) is 0 Å². The molecule has 1 aromatic rings. The number of hydrogen-bond donors (Lipinski definition) is 0. The minimum atomic E-state index is 0.584. The predicted molar refractivity (Wildman–Crippen MR) is 75.5 cm³/mol. The summed E-state index contributed by atoms with van der Waals surface area (Å²) in [6, 6.07) is 7.66. The fourth-order valence-corrected chi connectivity index (χ4v) is 2.18. The van der Waals surface area contributed by atoms with Gasteiger partial charge in [-0.25, -0.2) is 4.99 Å². The molecule has 0 aliphatic heterocycles. The number of methoxy groups -OCH3 is 1. The van der Waals surface area contributed by atoms with Crippen molar-refractivity contribution in [2.24, 2.45) is 10.9 Å². The normalized spacial score (nSPS) is 16.3. The lowest BCUT2D eigenvalue weighted by atomic mass is 9.90. The Morgan fingerprint density at radius 2 is 1.89 bits per heavy atom. The van der Waals surface area contributed by atoms with Crippen LogP contribution in [0.1, 0.15) is 32.1 Å². The smallest absolute Gasteiger partial charge is 0.119 e. The Bertz CT molecular complexity index is 444. The molecule has 0 unspecified atom stereocenters. The third-order valence-corrected chi connectivity index (χ3v) is 3.24. The van der Waals surface area contributed by atoms with Crippen molar-refractivity contribution >= 4 is 11.9 Å². The third kappa shape index (κ3) is 3.92. The van der Waals surface area contributed by atoms with E-state index in [4.69, 9.17) is 4.74 Å². The fourth-order valence-electron chi connectivity index (χ4n) is 2.18. The number of benzene rings is 1. The van der Waals surface area contributed by atoms with Crippen molar-refractivity contribution in [3.8, 4) is 17.6 Å². The molecule has 0 atom stereocenters. The summed E-state index contributed by atoms with van der Waals surface area (Å²) in [5, 5.41) is 0. The summed E-state index contributed by atoms with van der Waals surface area (Å²) in [6.45, 7) is 0. The second-order valence-electron chi connectivity index (χ2n) is 4.58. The standard InChI is InChI=1S/C16H19NO/c1-18-16-11-9-15(10-12-16)17-13-5-8-14-6-3-2-4-7-14/h9-14H,2-4,6-7H2,1H3. The molecule has 0 heterocycles. The molecule has 0 bridgehead atoms. The van der Waals surface area contributed by atoms with Crippen LogP contribution >= 0.6 is 0 Å². The monoisotopic (exact) mass is 241 g/mol. The van der Waals surface area contributed by atoms with E-state index in [2.05, 4.69) is 16.8 Å². The molecule has 1 fully saturated rings. The van der Waals surface area contributed by atoms with Gasteiger partial charge in [0.25, 0.3) is 0 Å². The van der Waals surface area contributed by atoms with E-state index in [-0.39, 0.29) is 0 Å². The van der Waals surface area contributed by atoms with E-state index in [0.29, 0.717) is 5.92 Å². The minimum Gasteiger partial charge on any atom is -0.497 e. The quantitative estimate of drug-likeness (QED) is 0.567. The average Bonchev–Trinajstić information content (AvgIpc) is 2.45. The van der Waals surface area contributed by atoms with Crippen LogP contribution in [0.5, 0.6) is 5.75 Å². The van der Waals surface area contributed by atoms with Crippen LogP contribution in [0.2, 0.25) is 0 Å². The maximum atomic E-state index is 5.09. The first kappa shape index (κ1) is 12.7. The van der Waals surface area contributed by atoms with Crippen LogP contribution in [-0.4, -0.2) is 13.3 Å². The molecule has 1 aliphatic rings. The van der Waals surface area contributed by atoms with E-state index in [1.165, 1.54) is 32.1 Å². The zero-order valence-corrected chi connectivity index (χ0v) is 10.9. The molecule has 0 radical (unpaired) electrons. The van der Waals surface area contributed by atoms with Crippen LogP contribution in [0.4, 0.5) is 5.69 Å². The first-order valence-electron chi connectivity index (χ1n) is 6.56. The molecule has 1 saturated carbocycles. The summed E-state index contributed by atoms with van der Waals surface area (Å²) in [4.78, 5) is 4.31. The van der Waals surface area contributed by atoms with Crippen molar-refractivity contribution in [1.82, 2.24) is 0 Å². The van der Waals surface area contributed by atoms with Crippen molar-refractivity contribution < 1.29 is 4.74 Å². The van der Waals surface area contributed by atoms with Gasteiger partial charge >= 0.3 is 0 Å². The highest BCUT2D eigenvalue weighted by molar-refractivity contribution is 5.80. The van der Waals surface area contributed by atoms with Gasteiger partial charge in [0.2, 0.25) is 0 Å². The van der Waals surface area contributed by atoms with Gasteiger partial charge in [-0.3, -0.25) is 0 Å². The summed E-state index contributed by atoms with van der Waals surface area (Å²) >= 11 is 0. The lowest BCUT2D eigenvalue weighted by Gasteiger charge is -2.15. The van der Waals surface area contributed by atoms with E-state index in [1.54, 1.807) is 13.3 Å². The molecule has 94 valence electrons. The van der Waals surface area contributed by atoms with Gasteiger partial charge in [-0.05, 0) is 37.1 Å². The maximum absolute atomic E-state index is 5.09. The highest BCUT2D eigenvalue weighted by atomic mass is 16.5. The Hall–Kier alpha value is -1.75. The van der Waals surface area contributed by atoms with E-state index in [9.17, 15) is 0 Å². The van der Waals surface area contributed by atoms with E-state index in [0.717, 1.165) is 11.4 Å². The Labute approximate surface area is 109 Å². The largest absolute Gasteiger partial charge is 0.497 e. The Morgan fingerprint density at radius 1 is 1.17 bits per heavy atom. The molecule has 0 spiro atoms. The van der Waals surface area contributed by atoms with Gasteiger partial charge in [0.05, 0.1) is 19.0 Å². The van der Waals surface area contributed by atoms with Gasteiger partial charge in [-0.15, -0.1) is 0 Å². The van der Waals surface area contributed by atoms with Crippen molar-refractivity contribution in [3.05, 3.63) is 24.3 Å². The fraction of sp³-hybridized carbons (Fsp3) is 0.438. The average molecular weight is 241 g/mol. The summed E-state index contributed by atoms with van der Waals surface area (Å²) in [5.41, 5.74) is 0.911. The van der Waals surface area contributed by atoms with E-state index >= 15 is 0 Å². The van der Waals surface area contributed by atoms with Crippen LogP contribution in [0.25, 0.3) is 0 Å². The Morgan fingerprint density at radius 3 is 2.56 bits per heavy atom. The van der Waals surface area contributed by atoms with Crippen molar-refractivity contribution in [1.29, 1.82) is 0 Å². The van der Waals surface area contributed by atoms with Crippen LogP contribution in [0.15, 0.2) is 29.3 Å². The molecular weight excluding hydrogens is 222 g/mol. The van der Waals surface area contributed by atoms with Crippen molar-refractivity contribution in [2.75, 3.05) is 7.11 Å².